The highest BCUT2D eigenvalue weighted by Crippen LogP contribution is 2.21. The first-order chi connectivity index (χ1) is 10.3. The van der Waals surface area contributed by atoms with Crippen LogP contribution in [-0.2, 0) is 20.1 Å². The molecule has 0 amide bonds. The van der Waals surface area contributed by atoms with Crippen LogP contribution >= 0.6 is 0 Å². The summed E-state index contributed by atoms with van der Waals surface area (Å²) in [5.41, 5.74) is 3.74. The van der Waals surface area contributed by atoms with Crippen LogP contribution in [0.3, 0.4) is 0 Å². The van der Waals surface area contributed by atoms with Gasteiger partial charge in [0.2, 0.25) is 0 Å². The topological polar surface area (TPSA) is 34.8 Å². The third-order valence-electron chi connectivity index (χ3n) is 4.11. The summed E-state index contributed by atoms with van der Waals surface area (Å²) in [6, 6.07) is 11.7. The minimum atomic E-state index is 0.751. The Hall–Kier alpha value is -2.07. The van der Waals surface area contributed by atoms with E-state index in [9.17, 15) is 0 Å². The van der Waals surface area contributed by atoms with E-state index in [1.807, 2.05) is 17.9 Å². The van der Waals surface area contributed by atoms with Crippen molar-refractivity contribution in [3.63, 3.8) is 0 Å². The third-order valence-corrected chi connectivity index (χ3v) is 4.11. The number of rotatable bonds is 5. The molecule has 1 fully saturated rings. The van der Waals surface area contributed by atoms with Crippen molar-refractivity contribution in [2.24, 2.45) is 7.05 Å². The predicted octanol–water partition coefficient (Wildman–Crippen LogP) is 2.68. The summed E-state index contributed by atoms with van der Waals surface area (Å²) in [6.07, 6.45) is 6.81. The number of benzene rings is 1. The van der Waals surface area contributed by atoms with Gasteiger partial charge in [-0.2, -0.15) is 5.10 Å². The van der Waals surface area contributed by atoms with E-state index < -0.39 is 0 Å². The standard InChI is InChI=1S/C17H20N4/c1-20-8-7-16(19-20)12-21-9-6-14-3-2-13(10-17(14)21)11-18-15-4-5-15/h2-3,6-10,15,18H,4-5,11-12H2,1H3. The molecule has 1 aliphatic rings. The highest BCUT2D eigenvalue weighted by atomic mass is 15.3. The van der Waals surface area contributed by atoms with Crippen molar-refractivity contribution >= 4 is 10.9 Å². The molecule has 0 bridgehead atoms. The van der Waals surface area contributed by atoms with E-state index in [1.54, 1.807) is 0 Å². The van der Waals surface area contributed by atoms with Gasteiger partial charge in [-0.05, 0) is 42.0 Å². The van der Waals surface area contributed by atoms with Crippen molar-refractivity contribution in [2.75, 3.05) is 0 Å². The van der Waals surface area contributed by atoms with Gasteiger partial charge in [0.05, 0.1) is 12.2 Å². The van der Waals surface area contributed by atoms with Gasteiger partial charge in [0.1, 0.15) is 0 Å². The average molecular weight is 280 g/mol. The molecule has 4 nitrogen and oxygen atoms in total. The van der Waals surface area contributed by atoms with Crippen LogP contribution in [0.15, 0.2) is 42.7 Å². The van der Waals surface area contributed by atoms with Crippen molar-refractivity contribution in [1.29, 1.82) is 0 Å². The Kier molecular flexibility index (Phi) is 3.04. The number of nitrogens with zero attached hydrogens (tertiary/aromatic N) is 3. The smallest absolute Gasteiger partial charge is 0.0821 e. The summed E-state index contributed by atoms with van der Waals surface area (Å²) in [6.45, 7) is 1.79. The Morgan fingerprint density at radius 1 is 1.19 bits per heavy atom. The summed E-state index contributed by atoms with van der Waals surface area (Å²) < 4.78 is 4.13. The second-order valence-corrected chi connectivity index (χ2v) is 5.97. The molecule has 0 aliphatic heterocycles. The van der Waals surface area contributed by atoms with Crippen LogP contribution < -0.4 is 5.32 Å². The van der Waals surface area contributed by atoms with Crippen LogP contribution in [0.1, 0.15) is 24.1 Å². The van der Waals surface area contributed by atoms with Crippen molar-refractivity contribution in [3.05, 3.63) is 54.0 Å². The molecule has 1 aliphatic carbocycles. The number of fused-ring (bicyclic) bond motifs is 1. The molecule has 1 N–H and O–H groups in total. The monoisotopic (exact) mass is 280 g/mol. The fraction of sp³-hybridized carbons (Fsp3) is 0.353. The minimum absolute atomic E-state index is 0.751. The Morgan fingerprint density at radius 3 is 2.86 bits per heavy atom. The molecule has 1 aromatic carbocycles. The van der Waals surface area contributed by atoms with Crippen LogP contribution in [0.25, 0.3) is 10.9 Å². The molecule has 4 rings (SSSR count). The first kappa shape index (κ1) is 12.7. The van der Waals surface area contributed by atoms with Crippen LogP contribution in [-0.4, -0.2) is 20.4 Å². The normalized spacial score (nSPS) is 14.9. The fourth-order valence-electron chi connectivity index (χ4n) is 2.75. The van der Waals surface area contributed by atoms with E-state index in [4.69, 9.17) is 0 Å². The SMILES string of the molecule is Cn1ccc(Cn2ccc3ccc(CNC4CC4)cc32)n1. The molecular weight excluding hydrogens is 260 g/mol. The van der Waals surface area contributed by atoms with Gasteiger partial charge >= 0.3 is 0 Å². The Labute approximate surface area is 124 Å². The minimum Gasteiger partial charge on any atom is -0.341 e. The van der Waals surface area contributed by atoms with E-state index in [2.05, 4.69) is 51.5 Å². The zero-order valence-electron chi connectivity index (χ0n) is 12.3. The Bertz CT molecular complexity index is 764. The lowest BCUT2D eigenvalue weighted by Crippen LogP contribution is -2.15. The molecule has 0 spiro atoms. The quantitative estimate of drug-likeness (QED) is 0.780. The van der Waals surface area contributed by atoms with Crippen molar-refractivity contribution in [1.82, 2.24) is 19.7 Å². The molecule has 21 heavy (non-hydrogen) atoms. The molecule has 2 heterocycles. The lowest BCUT2D eigenvalue weighted by Gasteiger charge is -2.06. The molecule has 3 aromatic rings. The maximum absolute atomic E-state index is 4.47. The van der Waals surface area contributed by atoms with Gasteiger partial charge in [-0.3, -0.25) is 4.68 Å². The highest BCUT2D eigenvalue weighted by Gasteiger charge is 2.19. The molecule has 108 valence electrons. The van der Waals surface area contributed by atoms with Crippen molar-refractivity contribution in [3.8, 4) is 0 Å². The maximum Gasteiger partial charge on any atom is 0.0821 e. The molecule has 4 heteroatoms. The lowest BCUT2D eigenvalue weighted by molar-refractivity contribution is 0.687. The Morgan fingerprint density at radius 2 is 2.10 bits per heavy atom. The van der Waals surface area contributed by atoms with Crippen LogP contribution in [0.2, 0.25) is 0 Å². The molecule has 0 saturated heterocycles. The predicted molar refractivity (Wildman–Crippen MR) is 84.1 cm³/mol. The van der Waals surface area contributed by atoms with Crippen molar-refractivity contribution < 1.29 is 0 Å². The van der Waals surface area contributed by atoms with E-state index in [0.29, 0.717) is 0 Å². The number of hydrogen-bond acceptors (Lipinski definition) is 2. The summed E-state index contributed by atoms with van der Waals surface area (Å²) >= 11 is 0. The largest absolute Gasteiger partial charge is 0.341 e. The van der Waals surface area contributed by atoms with Gasteiger partial charge < -0.3 is 9.88 Å². The van der Waals surface area contributed by atoms with Gasteiger partial charge in [-0.15, -0.1) is 0 Å². The first-order valence-electron chi connectivity index (χ1n) is 7.57. The van der Waals surface area contributed by atoms with Crippen LogP contribution in [0.5, 0.6) is 0 Å². The fourth-order valence-corrected chi connectivity index (χ4v) is 2.75. The second-order valence-electron chi connectivity index (χ2n) is 5.97. The maximum atomic E-state index is 4.47. The van der Waals surface area contributed by atoms with Crippen LogP contribution in [0, 0.1) is 0 Å². The van der Waals surface area contributed by atoms with Gasteiger partial charge in [0.25, 0.3) is 0 Å². The molecule has 0 radical (unpaired) electrons. The van der Waals surface area contributed by atoms with E-state index >= 15 is 0 Å². The summed E-state index contributed by atoms with van der Waals surface area (Å²) in [7, 11) is 1.96. The highest BCUT2D eigenvalue weighted by molar-refractivity contribution is 5.80. The second kappa shape index (κ2) is 5.04. The zero-order chi connectivity index (χ0) is 14.2. The number of aromatic nitrogens is 3. The van der Waals surface area contributed by atoms with Gasteiger partial charge in [0.15, 0.2) is 0 Å². The lowest BCUT2D eigenvalue weighted by atomic mass is 10.1. The molecule has 1 saturated carbocycles. The summed E-state index contributed by atoms with van der Waals surface area (Å²) in [5, 5.41) is 9.34. The summed E-state index contributed by atoms with van der Waals surface area (Å²) in [4.78, 5) is 0. The van der Waals surface area contributed by atoms with E-state index in [1.165, 1.54) is 29.3 Å². The molecule has 2 aromatic heterocycles. The average Bonchev–Trinajstić information content (AvgIpc) is 3.12. The number of aryl methyl sites for hydroxylation is 1. The van der Waals surface area contributed by atoms with Gasteiger partial charge in [-0.1, -0.05) is 12.1 Å². The number of hydrogen-bond donors (Lipinski definition) is 1. The van der Waals surface area contributed by atoms with Gasteiger partial charge in [-0.25, -0.2) is 0 Å². The Balaban J connectivity index is 1.60. The molecule has 0 unspecified atom stereocenters. The molecular formula is C17H20N4. The summed E-state index contributed by atoms with van der Waals surface area (Å²) in [5.74, 6) is 0. The molecule has 0 atom stereocenters. The van der Waals surface area contributed by atoms with E-state index in [0.717, 1.165) is 24.8 Å². The van der Waals surface area contributed by atoms with E-state index in [-0.39, 0.29) is 0 Å². The van der Waals surface area contributed by atoms with Gasteiger partial charge in [0, 0.05) is 37.5 Å². The first-order valence-corrected chi connectivity index (χ1v) is 7.57. The van der Waals surface area contributed by atoms with Crippen molar-refractivity contribution in [2.45, 2.75) is 32.0 Å². The number of nitrogens with one attached hydrogen (secondary N) is 1. The van der Waals surface area contributed by atoms with Crippen LogP contribution in [0.4, 0.5) is 0 Å². The zero-order valence-corrected chi connectivity index (χ0v) is 12.3. The third kappa shape index (κ3) is 2.72.